The Labute approximate surface area is 119 Å². The van der Waals surface area contributed by atoms with Gasteiger partial charge in [-0.25, -0.2) is 9.97 Å². The van der Waals surface area contributed by atoms with Gasteiger partial charge in [-0.15, -0.1) is 0 Å². The molecule has 0 unspecified atom stereocenters. The van der Waals surface area contributed by atoms with Gasteiger partial charge in [0, 0.05) is 6.07 Å². The topological polar surface area (TPSA) is 80.9 Å². The van der Waals surface area contributed by atoms with Crippen LogP contribution in [0.15, 0.2) is 36.4 Å². The van der Waals surface area contributed by atoms with Crippen molar-refractivity contribution in [3.8, 4) is 0 Å². The van der Waals surface area contributed by atoms with Crippen molar-refractivity contribution in [1.82, 2.24) is 9.97 Å². The summed E-state index contributed by atoms with van der Waals surface area (Å²) >= 11 is 11.4. The van der Waals surface area contributed by atoms with Gasteiger partial charge >= 0.3 is 0 Å². The molecule has 0 aliphatic heterocycles. The first-order valence-corrected chi connectivity index (χ1v) is 6.13. The van der Waals surface area contributed by atoms with Gasteiger partial charge in [-0.2, -0.15) is 0 Å². The van der Waals surface area contributed by atoms with Crippen LogP contribution in [0.3, 0.4) is 0 Å². The van der Waals surface area contributed by atoms with E-state index in [-0.39, 0.29) is 16.3 Å². The minimum absolute atomic E-state index is 0.0453. The van der Waals surface area contributed by atoms with Crippen LogP contribution in [-0.2, 0) is 4.79 Å². The zero-order valence-electron chi connectivity index (χ0n) is 9.68. The molecule has 19 heavy (non-hydrogen) atoms. The van der Waals surface area contributed by atoms with Crippen LogP contribution in [0.1, 0.15) is 11.6 Å². The first kappa shape index (κ1) is 13.7. The van der Waals surface area contributed by atoms with Crippen LogP contribution in [-0.4, -0.2) is 15.9 Å². The summed E-state index contributed by atoms with van der Waals surface area (Å²) in [6, 6.07) is 9.59. The van der Waals surface area contributed by atoms with E-state index in [1.54, 1.807) is 24.3 Å². The highest BCUT2D eigenvalue weighted by Crippen LogP contribution is 2.16. The molecule has 1 aromatic carbocycles. The molecule has 0 fully saturated rings. The minimum atomic E-state index is -0.797. The maximum atomic E-state index is 12.0. The van der Waals surface area contributed by atoms with Crippen LogP contribution in [0.2, 0.25) is 10.4 Å². The first-order chi connectivity index (χ1) is 9.06. The molecule has 0 saturated carbocycles. The third kappa shape index (κ3) is 3.64. The first-order valence-electron chi connectivity index (χ1n) is 5.38. The predicted molar refractivity (Wildman–Crippen MR) is 74.1 cm³/mol. The summed E-state index contributed by atoms with van der Waals surface area (Å²) in [6.45, 7) is 0. The van der Waals surface area contributed by atoms with Gasteiger partial charge in [0.25, 0.3) is 0 Å². The molecule has 1 aromatic heterocycles. The smallest absolute Gasteiger partial charge is 0.247 e. The second-order valence-electron chi connectivity index (χ2n) is 3.72. The van der Waals surface area contributed by atoms with Gasteiger partial charge in [0.05, 0.1) is 0 Å². The van der Waals surface area contributed by atoms with E-state index in [2.05, 4.69) is 15.3 Å². The van der Waals surface area contributed by atoms with Crippen LogP contribution in [0.5, 0.6) is 0 Å². The van der Waals surface area contributed by atoms with Crippen molar-refractivity contribution in [3.63, 3.8) is 0 Å². The number of halogens is 2. The van der Waals surface area contributed by atoms with E-state index in [1.165, 1.54) is 6.07 Å². The number of nitrogens with zero attached hydrogens (tertiary/aromatic N) is 2. The molecule has 0 radical (unpaired) electrons. The lowest BCUT2D eigenvalue weighted by Gasteiger charge is -2.12. The Morgan fingerprint density at radius 1 is 1.21 bits per heavy atom. The third-order valence-corrected chi connectivity index (χ3v) is 2.72. The molecular weight excluding hydrogens is 287 g/mol. The lowest BCUT2D eigenvalue weighted by atomic mass is 10.1. The summed E-state index contributed by atoms with van der Waals surface area (Å²) in [4.78, 5) is 19.5. The maximum Gasteiger partial charge on any atom is 0.247 e. The lowest BCUT2D eigenvalue weighted by molar-refractivity contribution is -0.117. The highest BCUT2D eigenvalue weighted by atomic mass is 35.5. The fraction of sp³-hybridized carbons (Fsp3) is 0.0833. The summed E-state index contributed by atoms with van der Waals surface area (Å²) < 4.78 is 0. The SMILES string of the molecule is N[C@@H](C(=O)Nc1cc(Cl)nc(Cl)n1)c1ccccc1. The third-order valence-electron chi connectivity index (χ3n) is 2.36. The van der Waals surface area contributed by atoms with E-state index in [0.717, 1.165) is 0 Å². The molecule has 2 rings (SSSR count). The number of nitrogens with two attached hydrogens (primary N) is 1. The van der Waals surface area contributed by atoms with Crippen molar-refractivity contribution < 1.29 is 4.79 Å². The Morgan fingerprint density at radius 3 is 2.53 bits per heavy atom. The molecular formula is C12H10Cl2N4O. The van der Waals surface area contributed by atoms with Crippen molar-refractivity contribution in [2.24, 2.45) is 5.73 Å². The number of nitrogens with one attached hydrogen (secondary N) is 1. The molecule has 5 nitrogen and oxygen atoms in total. The number of anilines is 1. The van der Waals surface area contributed by atoms with Gasteiger partial charge in [-0.05, 0) is 17.2 Å². The molecule has 0 aliphatic rings. The van der Waals surface area contributed by atoms with Gasteiger partial charge in [-0.3, -0.25) is 4.79 Å². The number of aromatic nitrogens is 2. The van der Waals surface area contributed by atoms with E-state index in [1.807, 2.05) is 6.07 Å². The van der Waals surface area contributed by atoms with Gasteiger partial charge < -0.3 is 11.1 Å². The molecule has 0 spiro atoms. The Hall–Kier alpha value is -1.69. The molecule has 3 N–H and O–H groups in total. The summed E-state index contributed by atoms with van der Waals surface area (Å²) in [7, 11) is 0. The van der Waals surface area contributed by atoms with Crippen molar-refractivity contribution in [1.29, 1.82) is 0 Å². The number of hydrogen-bond acceptors (Lipinski definition) is 4. The maximum absolute atomic E-state index is 12.0. The molecule has 1 atom stereocenters. The molecule has 98 valence electrons. The van der Waals surface area contributed by atoms with E-state index in [0.29, 0.717) is 5.56 Å². The van der Waals surface area contributed by atoms with E-state index < -0.39 is 11.9 Å². The highest BCUT2D eigenvalue weighted by molar-refractivity contribution is 6.32. The summed E-state index contributed by atoms with van der Waals surface area (Å²) in [5.41, 5.74) is 6.54. The van der Waals surface area contributed by atoms with Crippen LogP contribution in [0.4, 0.5) is 5.82 Å². The number of carbonyl (C=O) groups excluding carboxylic acids is 1. The number of amides is 1. The minimum Gasteiger partial charge on any atom is -0.316 e. The number of rotatable bonds is 3. The average molecular weight is 297 g/mol. The number of carbonyl (C=O) groups is 1. The van der Waals surface area contributed by atoms with Crippen molar-refractivity contribution >= 4 is 34.9 Å². The zero-order chi connectivity index (χ0) is 13.8. The quantitative estimate of drug-likeness (QED) is 0.673. The van der Waals surface area contributed by atoms with Gasteiger partial charge in [0.2, 0.25) is 11.2 Å². The fourth-order valence-electron chi connectivity index (χ4n) is 1.47. The second kappa shape index (κ2) is 5.97. The normalized spacial score (nSPS) is 11.9. The fourth-order valence-corrected chi connectivity index (χ4v) is 1.88. The molecule has 2 aromatic rings. The van der Waals surface area contributed by atoms with E-state index >= 15 is 0 Å². The van der Waals surface area contributed by atoms with Crippen molar-refractivity contribution in [2.45, 2.75) is 6.04 Å². The summed E-state index contributed by atoms with van der Waals surface area (Å²) in [6.07, 6.45) is 0. The Balaban J connectivity index is 2.13. The monoisotopic (exact) mass is 296 g/mol. The molecule has 1 heterocycles. The molecule has 0 bridgehead atoms. The average Bonchev–Trinajstić information content (AvgIpc) is 2.37. The molecule has 7 heteroatoms. The van der Waals surface area contributed by atoms with Crippen LogP contribution >= 0.6 is 23.2 Å². The Bertz CT molecular complexity index is 571. The Kier molecular flexibility index (Phi) is 4.31. The standard InChI is InChI=1S/C12H10Cl2N4O/c13-8-6-9(18-12(14)16-8)17-11(19)10(15)7-4-2-1-3-5-7/h1-6,10H,15H2,(H,16,17,18,19)/t10-/m1/s1. The molecule has 0 aliphatic carbocycles. The van der Waals surface area contributed by atoms with Crippen LogP contribution in [0.25, 0.3) is 0 Å². The molecule has 1 amide bonds. The number of benzene rings is 1. The van der Waals surface area contributed by atoms with Crippen LogP contribution in [0, 0.1) is 0 Å². The molecule has 0 saturated heterocycles. The zero-order valence-corrected chi connectivity index (χ0v) is 11.2. The largest absolute Gasteiger partial charge is 0.316 e. The number of hydrogen-bond donors (Lipinski definition) is 2. The van der Waals surface area contributed by atoms with Crippen molar-refractivity contribution in [3.05, 3.63) is 52.4 Å². The van der Waals surface area contributed by atoms with Crippen molar-refractivity contribution in [2.75, 3.05) is 5.32 Å². The summed E-state index contributed by atoms with van der Waals surface area (Å²) in [5, 5.41) is 2.63. The highest BCUT2D eigenvalue weighted by Gasteiger charge is 2.16. The summed E-state index contributed by atoms with van der Waals surface area (Å²) in [5.74, 6) is -0.196. The van der Waals surface area contributed by atoms with Gasteiger partial charge in [0.1, 0.15) is 17.0 Å². The lowest BCUT2D eigenvalue weighted by Crippen LogP contribution is -2.28. The van der Waals surface area contributed by atoms with E-state index in [4.69, 9.17) is 28.9 Å². The predicted octanol–water partition coefficient (Wildman–Crippen LogP) is 2.42. The second-order valence-corrected chi connectivity index (χ2v) is 4.45. The van der Waals surface area contributed by atoms with E-state index in [9.17, 15) is 4.79 Å². The Morgan fingerprint density at radius 2 is 1.89 bits per heavy atom. The van der Waals surface area contributed by atoms with Crippen LogP contribution < -0.4 is 11.1 Å². The van der Waals surface area contributed by atoms with Gasteiger partial charge in [0.15, 0.2) is 0 Å². The van der Waals surface area contributed by atoms with Gasteiger partial charge in [-0.1, -0.05) is 41.9 Å².